The van der Waals surface area contributed by atoms with Crippen LogP contribution in [0.25, 0.3) is 0 Å². The summed E-state index contributed by atoms with van der Waals surface area (Å²) in [6, 6.07) is 15.9. The van der Waals surface area contributed by atoms with Crippen molar-refractivity contribution < 1.29 is 19.4 Å². The lowest BCUT2D eigenvalue weighted by molar-refractivity contribution is 0.0696. The van der Waals surface area contributed by atoms with E-state index < -0.39 is 5.97 Å². The molecule has 1 aliphatic rings. The van der Waals surface area contributed by atoms with Crippen LogP contribution in [0.5, 0.6) is 0 Å². The van der Waals surface area contributed by atoms with Gasteiger partial charge in [0, 0.05) is 13.2 Å². The molecule has 0 radical (unpaired) electrons. The maximum Gasteiger partial charge on any atom is 0.335 e. The van der Waals surface area contributed by atoms with Crippen LogP contribution in [0.15, 0.2) is 54.6 Å². The Labute approximate surface area is 145 Å². The quantitative estimate of drug-likeness (QED) is 0.781. The molecular formula is C19H20N2O4. The third kappa shape index (κ3) is 4.36. The van der Waals surface area contributed by atoms with Crippen LogP contribution in [0.4, 0.5) is 4.79 Å². The van der Waals surface area contributed by atoms with Crippen molar-refractivity contribution in [3.63, 3.8) is 0 Å². The van der Waals surface area contributed by atoms with Crippen molar-refractivity contribution in [2.45, 2.75) is 25.1 Å². The first-order chi connectivity index (χ1) is 12.1. The number of rotatable bonds is 5. The molecule has 130 valence electrons. The maximum absolute atomic E-state index is 12.2. The van der Waals surface area contributed by atoms with E-state index in [1.807, 2.05) is 30.3 Å². The number of nitrogens with one attached hydrogen (secondary N) is 2. The van der Waals surface area contributed by atoms with Crippen molar-refractivity contribution in [3.05, 3.63) is 71.3 Å². The SMILES string of the molecule is O=C(NCc1cccc(C(=O)O)c1)N[C@@H]1CCO[C@H]1c1ccccc1. The van der Waals surface area contributed by atoms with Crippen LogP contribution < -0.4 is 10.6 Å². The van der Waals surface area contributed by atoms with Crippen LogP contribution in [-0.2, 0) is 11.3 Å². The molecule has 0 aliphatic carbocycles. The topological polar surface area (TPSA) is 87.7 Å². The molecule has 2 atom stereocenters. The van der Waals surface area contributed by atoms with Crippen LogP contribution in [0.3, 0.4) is 0 Å². The normalized spacial score (nSPS) is 19.4. The van der Waals surface area contributed by atoms with E-state index >= 15 is 0 Å². The van der Waals surface area contributed by atoms with Gasteiger partial charge in [-0.1, -0.05) is 42.5 Å². The van der Waals surface area contributed by atoms with E-state index in [1.54, 1.807) is 18.2 Å². The highest BCUT2D eigenvalue weighted by Gasteiger charge is 2.30. The molecule has 2 aromatic carbocycles. The number of amides is 2. The first-order valence-electron chi connectivity index (χ1n) is 8.16. The third-order valence-corrected chi connectivity index (χ3v) is 4.16. The van der Waals surface area contributed by atoms with Crippen molar-refractivity contribution in [2.24, 2.45) is 0 Å². The van der Waals surface area contributed by atoms with Crippen molar-refractivity contribution in [2.75, 3.05) is 6.61 Å². The second-order valence-electron chi connectivity index (χ2n) is 5.93. The molecule has 6 nitrogen and oxygen atoms in total. The van der Waals surface area contributed by atoms with Crippen molar-refractivity contribution >= 4 is 12.0 Å². The molecule has 3 rings (SSSR count). The molecule has 0 spiro atoms. The summed E-state index contributed by atoms with van der Waals surface area (Å²) in [7, 11) is 0. The molecule has 1 saturated heterocycles. The number of hydrogen-bond donors (Lipinski definition) is 3. The number of carboxylic acid groups (broad SMARTS) is 1. The Kier molecular flexibility index (Phi) is 5.30. The van der Waals surface area contributed by atoms with E-state index in [0.29, 0.717) is 6.61 Å². The number of hydrogen-bond acceptors (Lipinski definition) is 3. The maximum atomic E-state index is 12.2. The van der Waals surface area contributed by atoms with E-state index in [4.69, 9.17) is 9.84 Å². The fourth-order valence-corrected chi connectivity index (χ4v) is 2.92. The average Bonchev–Trinajstić information content (AvgIpc) is 3.09. The average molecular weight is 340 g/mol. The molecule has 2 aromatic rings. The van der Waals surface area contributed by atoms with Gasteiger partial charge in [0.05, 0.1) is 11.6 Å². The molecule has 0 aromatic heterocycles. The molecule has 1 heterocycles. The fourth-order valence-electron chi connectivity index (χ4n) is 2.92. The van der Waals surface area contributed by atoms with E-state index in [1.165, 1.54) is 6.07 Å². The number of benzene rings is 2. The van der Waals surface area contributed by atoms with Crippen LogP contribution in [0.2, 0.25) is 0 Å². The lowest BCUT2D eigenvalue weighted by atomic mass is 10.0. The first-order valence-corrected chi connectivity index (χ1v) is 8.16. The summed E-state index contributed by atoms with van der Waals surface area (Å²) < 4.78 is 5.75. The van der Waals surface area contributed by atoms with Crippen LogP contribution in [-0.4, -0.2) is 29.8 Å². The Balaban J connectivity index is 1.55. The van der Waals surface area contributed by atoms with Crippen LogP contribution in [0, 0.1) is 0 Å². The Morgan fingerprint density at radius 3 is 2.68 bits per heavy atom. The Bertz CT molecular complexity index is 748. The number of ether oxygens (including phenoxy) is 1. The molecule has 1 fully saturated rings. The van der Waals surface area contributed by atoms with Gasteiger partial charge in [0.25, 0.3) is 0 Å². The largest absolute Gasteiger partial charge is 0.478 e. The fraction of sp³-hybridized carbons (Fsp3) is 0.263. The summed E-state index contributed by atoms with van der Waals surface area (Å²) in [5.41, 5.74) is 1.98. The van der Waals surface area contributed by atoms with Gasteiger partial charge in [-0.05, 0) is 29.7 Å². The molecule has 0 saturated carbocycles. The number of urea groups is 1. The predicted octanol–water partition coefficient (Wildman–Crippen LogP) is 2.71. The molecule has 3 N–H and O–H groups in total. The highest BCUT2D eigenvalue weighted by atomic mass is 16.5. The number of carbonyl (C=O) groups is 2. The first kappa shape index (κ1) is 17.0. The highest BCUT2D eigenvalue weighted by Crippen LogP contribution is 2.28. The minimum Gasteiger partial charge on any atom is -0.478 e. The molecule has 0 bridgehead atoms. The third-order valence-electron chi connectivity index (χ3n) is 4.16. The minimum atomic E-state index is -0.986. The van der Waals surface area contributed by atoms with Crippen LogP contribution >= 0.6 is 0 Å². The Morgan fingerprint density at radius 2 is 1.92 bits per heavy atom. The zero-order valence-corrected chi connectivity index (χ0v) is 13.6. The van der Waals surface area contributed by atoms with E-state index in [-0.39, 0.29) is 30.3 Å². The smallest absolute Gasteiger partial charge is 0.335 e. The van der Waals surface area contributed by atoms with Crippen molar-refractivity contribution in [1.29, 1.82) is 0 Å². The summed E-state index contributed by atoms with van der Waals surface area (Å²) in [6.45, 7) is 0.863. The molecule has 25 heavy (non-hydrogen) atoms. The lowest BCUT2D eigenvalue weighted by Crippen LogP contribution is -2.43. The molecule has 2 amide bonds. The molecule has 0 unspecified atom stereocenters. The van der Waals surface area contributed by atoms with Crippen molar-refractivity contribution in [1.82, 2.24) is 10.6 Å². The summed E-state index contributed by atoms with van der Waals surface area (Å²) in [4.78, 5) is 23.2. The van der Waals surface area contributed by atoms with Crippen LogP contribution in [0.1, 0.15) is 34.0 Å². The summed E-state index contributed by atoms with van der Waals surface area (Å²) in [5, 5.41) is 14.7. The highest BCUT2D eigenvalue weighted by molar-refractivity contribution is 5.87. The predicted molar refractivity (Wildman–Crippen MR) is 92.3 cm³/mol. The summed E-state index contributed by atoms with van der Waals surface area (Å²) in [6.07, 6.45) is 0.601. The van der Waals surface area contributed by atoms with Gasteiger partial charge in [-0.2, -0.15) is 0 Å². The zero-order chi connectivity index (χ0) is 17.6. The molecule has 6 heteroatoms. The summed E-state index contributed by atoms with van der Waals surface area (Å²) >= 11 is 0. The van der Waals surface area contributed by atoms with Gasteiger partial charge in [-0.25, -0.2) is 9.59 Å². The zero-order valence-electron chi connectivity index (χ0n) is 13.6. The van der Waals surface area contributed by atoms with Gasteiger partial charge < -0.3 is 20.5 Å². The van der Waals surface area contributed by atoms with Gasteiger partial charge >= 0.3 is 12.0 Å². The van der Waals surface area contributed by atoms with Gasteiger partial charge in [0.2, 0.25) is 0 Å². The van der Waals surface area contributed by atoms with Crippen molar-refractivity contribution in [3.8, 4) is 0 Å². The summed E-state index contributed by atoms with van der Waals surface area (Å²) in [5.74, 6) is -0.986. The second-order valence-corrected chi connectivity index (χ2v) is 5.93. The van der Waals surface area contributed by atoms with Gasteiger partial charge in [-0.15, -0.1) is 0 Å². The minimum absolute atomic E-state index is 0.0900. The Morgan fingerprint density at radius 1 is 1.12 bits per heavy atom. The molecule has 1 aliphatic heterocycles. The Hall–Kier alpha value is -2.86. The van der Waals surface area contributed by atoms with E-state index in [9.17, 15) is 9.59 Å². The van der Waals surface area contributed by atoms with Gasteiger partial charge in [0.1, 0.15) is 6.10 Å². The number of aromatic carboxylic acids is 1. The number of carboxylic acids is 1. The van der Waals surface area contributed by atoms with Gasteiger partial charge in [-0.3, -0.25) is 0 Å². The standard InChI is InChI=1S/C19H20N2O4/c22-18(23)15-8-4-5-13(11-15)12-20-19(24)21-16-9-10-25-17(16)14-6-2-1-3-7-14/h1-8,11,16-17H,9-10,12H2,(H,22,23)(H2,20,21,24)/t16-,17+/m1/s1. The number of carbonyl (C=O) groups excluding carboxylic acids is 1. The lowest BCUT2D eigenvalue weighted by Gasteiger charge is -2.20. The van der Waals surface area contributed by atoms with E-state index in [0.717, 1.165) is 17.5 Å². The van der Waals surface area contributed by atoms with E-state index in [2.05, 4.69) is 10.6 Å². The second kappa shape index (κ2) is 7.81. The monoisotopic (exact) mass is 340 g/mol. The van der Waals surface area contributed by atoms with Gasteiger partial charge in [0.15, 0.2) is 0 Å². The molecular weight excluding hydrogens is 320 g/mol.